The Morgan fingerprint density at radius 2 is 1.71 bits per heavy atom. The zero-order valence-electron chi connectivity index (χ0n) is 17.2. The molecule has 0 bridgehead atoms. The van der Waals surface area contributed by atoms with E-state index in [0.717, 1.165) is 11.0 Å². The standard InChI is InChI=1S/C21H24FN3O4S2/c1-15(30-19-8-6-18(7-9-19)23-16(2)26)21(27)24-10-12-25(13-11-24)31(28,29)20-5-3-4-17(22)14-20/h3-9,14-15H,10-13H2,1-2H3,(H,23,26). The van der Waals surface area contributed by atoms with Crippen molar-refractivity contribution in [1.29, 1.82) is 0 Å². The van der Waals surface area contributed by atoms with Gasteiger partial charge in [0.1, 0.15) is 5.82 Å². The number of hydrogen-bond acceptors (Lipinski definition) is 5. The van der Waals surface area contributed by atoms with Gasteiger partial charge in [0.25, 0.3) is 0 Å². The van der Waals surface area contributed by atoms with E-state index in [1.54, 1.807) is 17.0 Å². The van der Waals surface area contributed by atoms with Crippen LogP contribution in [0.5, 0.6) is 0 Å². The van der Waals surface area contributed by atoms with Crippen LogP contribution in [0.4, 0.5) is 10.1 Å². The fourth-order valence-electron chi connectivity index (χ4n) is 3.26. The summed E-state index contributed by atoms with van der Waals surface area (Å²) in [5.74, 6) is -0.827. The number of carbonyl (C=O) groups is 2. The predicted molar refractivity (Wildman–Crippen MR) is 118 cm³/mol. The number of hydrogen-bond donors (Lipinski definition) is 1. The number of anilines is 1. The summed E-state index contributed by atoms with van der Waals surface area (Å²) in [5, 5.41) is 2.34. The summed E-state index contributed by atoms with van der Waals surface area (Å²) < 4.78 is 40.1. The fourth-order valence-corrected chi connectivity index (χ4v) is 5.66. The first kappa shape index (κ1) is 23.2. The second-order valence-corrected chi connectivity index (χ2v) is 10.5. The van der Waals surface area contributed by atoms with Crippen molar-refractivity contribution in [1.82, 2.24) is 9.21 Å². The van der Waals surface area contributed by atoms with Gasteiger partial charge in [0.05, 0.1) is 10.1 Å². The van der Waals surface area contributed by atoms with E-state index in [0.29, 0.717) is 5.69 Å². The summed E-state index contributed by atoms with van der Waals surface area (Å²) in [7, 11) is -3.80. The minimum atomic E-state index is -3.80. The molecule has 1 N–H and O–H groups in total. The van der Waals surface area contributed by atoms with Crippen molar-refractivity contribution < 1.29 is 22.4 Å². The first-order valence-electron chi connectivity index (χ1n) is 9.75. The fraction of sp³-hybridized carbons (Fsp3) is 0.333. The number of halogens is 1. The van der Waals surface area contributed by atoms with E-state index in [-0.39, 0.29) is 48.1 Å². The minimum Gasteiger partial charge on any atom is -0.339 e. The number of carbonyl (C=O) groups excluding carboxylic acids is 2. The molecule has 2 aromatic carbocycles. The van der Waals surface area contributed by atoms with Crippen LogP contribution in [-0.4, -0.2) is 60.9 Å². The molecule has 0 aromatic heterocycles. The van der Waals surface area contributed by atoms with E-state index in [9.17, 15) is 22.4 Å². The normalized spacial score (nSPS) is 16.0. The molecule has 2 aromatic rings. The molecule has 0 saturated carbocycles. The van der Waals surface area contributed by atoms with Gasteiger partial charge in [-0.05, 0) is 49.4 Å². The molecule has 1 heterocycles. The topological polar surface area (TPSA) is 86.8 Å². The average molecular weight is 466 g/mol. The van der Waals surface area contributed by atoms with Crippen LogP contribution in [0.15, 0.2) is 58.3 Å². The molecule has 7 nitrogen and oxygen atoms in total. The highest BCUT2D eigenvalue weighted by molar-refractivity contribution is 8.00. The molecule has 0 radical (unpaired) electrons. The van der Waals surface area contributed by atoms with E-state index in [1.807, 2.05) is 19.1 Å². The molecule has 1 fully saturated rings. The van der Waals surface area contributed by atoms with Gasteiger partial charge in [-0.25, -0.2) is 12.8 Å². The van der Waals surface area contributed by atoms with E-state index in [1.165, 1.54) is 41.2 Å². The highest BCUT2D eigenvalue weighted by Gasteiger charge is 2.31. The molecular formula is C21H24FN3O4S2. The molecule has 1 atom stereocenters. The van der Waals surface area contributed by atoms with Gasteiger partial charge in [-0.2, -0.15) is 4.31 Å². The Bertz CT molecular complexity index is 1050. The van der Waals surface area contributed by atoms with Crippen LogP contribution >= 0.6 is 11.8 Å². The first-order valence-corrected chi connectivity index (χ1v) is 12.1. The molecule has 10 heteroatoms. The lowest BCUT2D eigenvalue weighted by molar-refractivity contribution is -0.131. The number of amides is 2. The van der Waals surface area contributed by atoms with Gasteiger partial charge in [0.2, 0.25) is 21.8 Å². The van der Waals surface area contributed by atoms with E-state index in [4.69, 9.17) is 0 Å². The van der Waals surface area contributed by atoms with E-state index >= 15 is 0 Å². The Hall–Kier alpha value is -2.43. The van der Waals surface area contributed by atoms with Crippen LogP contribution in [0.2, 0.25) is 0 Å². The second kappa shape index (κ2) is 9.80. The number of nitrogens with zero attached hydrogens (tertiary/aromatic N) is 2. The number of rotatable bonds is 6. The molecule has 166 valence electrons. The van der Waals surface area contributed by atoms with Crippen molar-refractivity contribution in [3.63, 3.8) is 0 Å². The Balaban J connectivity index is 1.56. The zero-order valence-corrected chi connectivity index (χ0v) is 18.9. The maximum absolute atomic E-state index is 13.4. The zero-order chi connectivity index (χ0) is 22.6. The van der Waals surface area contributed by atoms with Crippen molar-refractivity contribution in [2.45, 2.75) is 28.9 Å². The van der Waals surface area contributed by atoms with Gasteiger partial charge in [0, 0.05) is 43.7 Å². The van der Waals surface area contributed by atoms with Gasteiger partial charge in [-0.1, -0.05) is 6.07 Å². The summed E-state index contributed by atoms with van der Waals surface area (Å²) in [4.78, 5) is 26.4. The first-order chi connectivity index (χ1) is 14.7. The van der Waals surface area contributed by atoms with Gasteiger partial charge in [-0.15, -0.1) is 11.8 Å². The van der Waals surface area contributed by atoms with Crippen LogP contribution in [0.3, 0.4) is 0 Å². The lowest BCUT2D eigenvalue weighted by atomic mass is 10.3. The van der Waals surface area contributed by atoms with Crippen LogP contribution in [-0.2, 0) is 19.6 Å². The lowest BCUT2D eigenvalue weighted by Crippen LogP contribution is -2.52. The lowest BCUT2D eigenvalue weighted by Gasteiger charge is -2.35. The van der Waals surface area contributed by atoms with Crippen molar-refractivity contribution in [3.05, 3.63) is 54.3 Å². The summed E-state index contributed by atoms with van der Waals surface area (Å²) in [5.41, 5.74) is 0.687. The Labute approximate surface area is 185 Å². The third kappa shape index (κ3) is 5.84. The van der Waals surface area contributed by atoms with Crippen LogP contribution in [0.1, 0.15) is 13.8 Å². The molecule has 1 aliphatic heterocycles. The molecule has 2 amide bonds. The number of sulfonamides is 1. The molecule has 1 aliphatic rings. The van der Waals surface area contributed by atoms with Crippen molar-refractivity contribution in [2.24, 2.45) is 0 Å². The number of nitrogens with one attached hydrogen (secondary N) is 1. The molecular weight excluding hydrogens is 441 g/mol. The molecule has 31 heavy (non-hydrogen) atoms. The smallest absolute Gasteiger partial charge is 0.243 e. The quantitative estimate of drug-likeness (QED) is 0.663. The number of piperazine rings is 1. The molecule has 0 spiro atoms. The van der Waals surface area contributed by atoms with Crippen LogP contribution in [0.25, 0.3) is 0 Å². The Morgan fingerprint density at radius 3 is 2.29 bits per heavy atom. The predicted octanol–water partition coefficient (Wildman–Crippen LogP) is 2.80. The van der Waals surface area contributed by atoms with Gasteiger partial charge in [-0.3, -0.25) is 9.59 Å². The Morgan fingerprint density at radius 1 is 1.06 bits per heavy atom. The summed E-state index contributed by atoms with van der Waals surface area (Å²) in [6.45, 7) is 4.12. The summed E-state index contributed by atoms with van der Waals surface area (Å²) in [6, 6.07) is 12.2. The third-order valence-corrected chi connectivity index (χ3v) is 7.81. The number of benzene rings is 2. The summed E-state index contributed by atoms with van der Waals surface area (Å²) >= 11 is 1.40. The van der Waals surface area contributed by atoms with E-state index < -0.39 is 15.8 Å². The van der Waals surface area contributed by atoms with Crippen molar-refractivity contribution >= 4 is 39.3 Å². The second-order valence-electron chi connectivity index (χ2n) is 7.15. The largest absolute Gasteiger partial charge is 0.339 e. The van der Waals surface area contributed by atoms with Crippen molar-refractivity contribution in [2.75, 3.05) is 31.5 Å². The number of thioether (sulfide) groups is 1. The van der Waals surface area contributed by atoms with E-state index in [2.05, 4.69) is 5.32 Å². The van der Waals surface area contributed by atoms with Crippen molar-refractivity contribution in [3.8, 4) is 0 Å². The third-order valence-electron chi connectivity index (χ3n) is 4.82. The van der Waals surface area contributed by atoms with Crippen LogP contribution < -0.4 is 5.32 Å². The highest BCUT2D eigenvalue weighted by atomic mass is 32.2. The van der Waals surface area contributed by atoms with Gasteiger partial charge < -0.3 is 10.2 Å². The molecule has 3 rings (SSSR count). The molecule has 1 unspecified atom stereocenters. The van der Waals surface area contributed by atoms with Gasteiger partial charge in [0.15, 0.2) is 0 Å². The van der Waals surface area contributed by atoms with Gasteiger partial charge >= 0.3 is 0 Å². The molecule has 1 saturated heterocycles. The monoisotopic (exact) mass is 465 g/mol. The molecule has 0 aliphatic carbocycles. The SMILES string of the molecule is CC(=O)Nc1ccc(SC(C)C(=O)N2CCN(S(=O)(=O)c3cccc(F)c3)CC2)cc1. The minimum absolute atomic E-state index is 0.0706. The summed E-state index contributed by atoms with van der Waals surface area (Å²) in [6.07, 6.45) is 0. The highest BCUT2D eigenvalue weighted by Crippen LogP contribution is 2.27. The maximum atomic E-state index is 13.4. The van der Waals surface area contributed by atoms with Crippen LogP contribution in [0, 0.1) is 5.82 Å². The Kier molecular flexibility index (Phi) is 7.34. The maximum Gasteiger partial charge on any atom is 0.243 e. The average Bonchev–Trinajstić information content (AvgIpc) is 2.74.